The Kier molecular flexibility index (Phi) is 7.46. The molecule has 1 N–H and O–H groups in total. The van der Waals surface area contributed by atoms with Gasteiger partial charge in [-0.25, -0.2) is 14.8 Å². The van der Waals surface area contributed by atoms with Crippen LogP contribution in [-0.4, -0.2) is 47.1 Å². The Hall–Kier alpha value is -3.41. The van der Waals surface area contributed by atoms with Crippen molar-refractivity contribution < 1.29 is 4.79 Å². The standard InChI is InChI=1S/C28H35N5O/c1-20(2)24-11-13-25(14-12-24)31-28(34)33-16-8-15-32(17-18-33)27-26(21(3)29-22(4)30-27)19-23-9-6-5-7-10-23/h5-7,9-14,20H,8,15-19H2,1-4H3,(H,31,34). The highest BCUT2D eigenvalue weighted by Gasteiger charge is 2.23. The van der Waals surface area contributed by atoms with Gasteiger partial charge in [-0.3, -0.25) is 0 Å². The summed E-state index contributed by atoms with van der Waals surface area (Å²) < 4.78 is 0. The van der Waals surface area contributed by atoms with Crippen molar-refractivity contribution in [3.05, 3.63) is 82.8 Å². The fourth-order valence-electron chi connectivity index (χ4n) is 4.47. The molecule has 0 atom stereocenters. The zero-order valence-corrected chi connectivity index (χ0v) is 20.7. The average Bonchev–Trinajstić information content (AvgIpc) is 3.08. The van der Waals surface area contributed by atoms with Crippen LogP contribution < -0.4 is 10.2 Å². The molecule has 0 bridgehead atoms. The lowest BCUT2D eigenvalue weighted by Crippen LogP contribution is -2.38. The molecule has 2 heterocycles. The molecule has 3 aromatic rings. The van der Waals surface area contributed by atoms with Crippen LogP contribution in [0.4, 0.5) is 16.3 Å². The van der Waals surface area contributed by atoms with Crippen molar-refractivity contribution in [3.8, 4) is 0 Å². The average molecular weight is 458 g/mol. The van der Waals surface area contributed by atoms with Gasteiger partial charge in [0.15, 0.2) is 0 Å². The molecule has 0 aliphatic carbocycles. The van der Waals surface area contributed by atoms with E-state index in [9.17, 15) is 4.79 Å². The second kappa shape index (κ2) is 10.7. The van der Waals surface area contributed by atoms with Crippen molar-refractivity contribution in [3.63, 3.8) is 0 Å². The number of amides is 2. The number of carbonyl (C=O) groups is 1. The Morgan fingerprint density at radius 1 is 0.941 bits per heavy atom. The Bertz CT molecular complexity index is 1110. The summed E-state index contributed by atoms with van der Waals surface area (Å²) in [6, 6.07) is 18.6. The first-order valence-corrected chi connectivity index (χ1v) is 12.2. The molecule has 0 saturated carbocycles. The van der Waals surface area contributed by atoms with Gasteiger partial charge >= 0.3 is 6.03 Å². The smallest absolute Gasteiger partial charge is 0.321 e. The highest BCUT2D eigenvalue weighted by Crippen LogP contribution is 2.25. The third-order valence-electron chi connectivity index (χ3n) is 6.44. The third kappa shape index (κ3) is 5.74. The molecule has 0 unspecified atom stereocenters. The summed E-state index contributed by atoms with van der Waals surface area (Å²) in [5, 5.41) is 3.07. The van der Waals surface area contributed by atoms with E-state index in [1.54, 1.807) is 0 Å². The van der Waals surface area contributed by atoms with Gasteiger partial charge in [0.2, 0.25) is 0 Å². The lowest BCUT2D eigenvalue weighted by molar-refractivity contribution is 0.215. The predicted octanol–water partition coefficient (Wildman–Crippen LogP) is 5.55. The Balaban J connectivity index is 1.46. The molecule has 1 saturated heterocycles. The molecule has 0 spiro atoms. The van der Waals surface area contributed by atoms with Crippen molar-refractivity contribution in [1.29, 1.82) is 0 Å². The maximum Gasteiger partial charge on any atom is 0.321 e. The summed E-state index contributed by atoms with van der Waals surface area (Å²) in [4.78, 5) is 26.7. The predicted molar refractivity (Wildman–Crippen MR) is 139 cm³/mol. The molecular weight excluding hydrogens is 422 g/mol. The summed E-state index contributed by atoms with van der Waals surface area (Å²) >= 11 is 0. The molecule has 6 heteroatoms. The van der Waals surface area contributed by atoms with Crippen molar-refractivity contribution in [2.24, 2.45) is 0 Å². The van der Waals surface area contributed by atoms with Gasteiger partial charge in [-0.2, -0.15) is 0 Å². The molecule has 1 fully saturated rings. The van der Waals surface area contributed by atoms with Crippen LogP contribution in [-0.2, 0) is 6.42 Å². The quantitative estimate of drug-likeness (QED) is 0.545. The van der Waals surface area contributed by atoms with E-state index in [-0.39, 0.29) is 6.03 Å². The van der Waals surface area contributed by atoms with Crippen LogP contribution in [0.3, 0.4) is 0 Å². The minimum absolute atomic E-state index is 0.0429. The van der Waals surface area contributed by atoms with E-state index in [0.717, 1.165) is 55.5 Å². The summed E-state index contributed by atoms with van der Waals surface area (Å²) in [6.07, 6.45) is 1.70. The van der Waals surface area contributed by atoms with Crippen molar-refractivity contribution >= 4 is 17.5 Å². The van der Waals surface area contributed by atoms with Crippen LogP contribution >= 0.6 is 0 Å². The lowest BCUT2D eigenvalue weighted by atomic mass is 10.0. The van der Waals surface area contributed by atoms with Gasteiger partial charge in [-0.15, -0.1) is 0 Å². The molecule has 6 nitrogen and oxygen atoms in total. The number of urea groups is 1. The third-order valence-corrected chi connectivity index (χ3v) is 6.44. The molecule has 1 aliphatic rings. The molecule has 1 aromatic heterocycles. The van der Waals surface area contributed by atoms with E-state index in [4.69, 9.17) is 4.98 Å². The first kappa shape index (κ1) is 23.7. The maximum absolute atomic E-state index is 13.0. The van der Waals surface area contributed by atoms with Crippen LogP contribution in [0.5, 0.6) is 0 Å². The molecule has 178 valence electrons. The maximum atomic E-state index is 13.0. The first-order chi connectivity index (χ1) is 16.4. The second-order valence-corrected chi connectivity index (χ2v) is 9.36. The summed E-state index contributed by atoms with van der Waals surface area (Å²) in [6.45, 7) is 11.3. The number of hydrogen-bond acceptors (Lipinski definition) is 4. The molecule has 0 radical (unpaired) electrons. The van der Waals surface area contributed by atoms with Crippen molar-refractivity contribution in [1.82, 2.24) is 14.9 Å². The van der Waals surface area contributed by atoms with E-state index in [1.807, 2.05) is 30.0 Å². The molecular formula is C28H35N5O. The molecule has 2 amide bonds. The van der Waals surface area contributed by atoms with Gasteiger partial charge in [-0.1, -0.05) is 56.3 Å². The number of benzene rings is 2. The minimum Gasteiger partial charge on any atom is -0.354 e. The highest BCUT2D eigenvalue weighted by molar-refractivity contribution is 5.89. The van der Waals surface area contributed by atoms with Crippen LogP contribution in [0.25, 0.3) is 0 Å². The van der Waals surface area contributed by atoms with Gasteiger partial charge in [0.25, 0.3) is 0 Å². The largest absolute Gasteiger partial charge is 0.354 e. The Labute approximate surface area is 203 Å². The van der Waals surface area contributed by atoms with E-state index in [0.29, 0.717) is 12.5 Å². The van der Waals surface area contributed by atoms with Crippen LogP contribution in [0, 0.1) is 13.8 Å². The van der Waals surface area contributed by atoms with E-state index in [1.165, 1.54) is 16.7 Å². The van der Waals surface area contributed by atoms with E-state index in [2.05, 4.69) is 72.4 Å². The van der Waals surface area contributed by atoms with Crippen LogP contribution in [0.2, 0.25) is 0 Å². The number of rotatable bonds is 5. The number of nitrogens with zero attached hydrogens (tertiary/aromatic N) is 4. The monoisotopic (exact) mass is 457 g/mol. The number of carbonyl (C=O) groups excluding carboxylic acids is 1. The lowest BCUT2D eigenvalue weighted by Gasteiger charge is -2.26. The number of aryl methyl sites for hydroxylation is 2. The van der Waals surface area contributed by atoms with Gasteiger partial charge in [0, 0.05) is 49.5 Å². The molecule has 1 aliphatic heterocycles. The number of nitrogens with one attached hydrogen (secondary N) is 1. The van der Waals surface area contributed by atoms with Crippen molar-refractivity contribution in [2.75, 3.05) is 36.4 Å². The van der Waals surface area contributed by atoms with Crippen LogP contribution in [0.15, 0.2) is 54.6 Å². The second-order valence-electron chi connectivity index (χ2n) is 9.36. The SMILES string of the molecule is Cc1nc(C)c(Cc2ccccc2)c(N2CCCN(C(=O)Nc3ccc(C(C)C)cc3)CC2)n1. The molecule has 4 rings (SSSR count). The Morgan fingerprint density at radius 3 is 2.38 bits per heavy atom. The zero-order valence-electron chi connectivity index (χ0n) is 20.7. The summed E-state index contributed by atoms with van der Waals surface area (Å²) in [5.41, 5.74) is 5.54. The van der Waals surface area contributed by atoms with Gasteiger partial charge in [-0.05, 0) is 49.4 Å². The number of aromatic nitrogens is 2. The fourth-order valence-corrected chi connectivity index (χ4v) is 4.47. The number of anilines is 2. The van der Waals surface area contributed by atoms with Gasteiger partial charge in [0.1, 0.15) is 11.6 Å². The molecule has 2 aromatic carbocycles. The minimum atomic E-state index is -0.0429. The number of hydrogen-bond donors (Lipinski definition) is 1. The van der Waals surface area contributed by atoms with Crippen LogP contribution in [0.1, 0.15) is 54.4 Å². The first-order valence-electron chi connectivity index (χ1n) is 12.2. The van der Waals surface area contributed by atoms with E-state index < -0.39 is 0 Å². The summed E-state index contributed by atoms with van der Waals surface area (Å²) in [7, 11) is 0. The van der Waals surface area contributed by atoms with E-state index >= 15 is 0 Å². The highest BCUT2D eigenvalue weighted by atomic mass is 16.2. The normalized spacial score (nSPS) is 14.3. The van der Waals surface area contributed by atoms with Crippen molar-refractivity contribution in [2.45, 2.75) is 46.5 Å². The van der Waals surface area contributed by atoms with Gasteiger partial charge in [0.05, 0.1) is 0 Å². The zero-order chi connectivity index (χ0) is 24.1. The van der Waals surface area contributed by atoms with Gasteiger partial charge < -0.3 is 15.1 Å². The summed E-state index contributed by atoms with van der Waals surface area (Å²) in [5.74, 6) is 2.26. The molecule has 34 heavy (non-hydrogen) atoms. The Morgan fingerprint density at radius 2 is 1.68 bits per heavy atom. The topological polar surface area (TPSA) is 61.4 Å². The fraction of sp³-hybridized carbons (Fsp3) is 0.393.